The van der Waals surface area contributed by atoms with Gasteiger partial charge >= 0.3 is 0 Å². The molecule has 1 aliphatic rings. The summed E-state index contributed by atoms with van der Waals surface area (Å²) in [5.41, 5.74) is 1.42. The van der Waals surface area contributed by atoms with Gasteiger partial charge < -0.3 is 0 Å². The van der Waals surface area contributed by atoms with Gasteiger partial charge in [0.1, 0.15) is 0 Å². The van der Waals surface area contributed by atoms with Gasteiger partial charge in [-0.25, -0.2) is 0 Å². The van der Waals surface area contributed by atoms with Crippen molar-refractivity contribution in [3.63, 3.8) is 0 Å². The predicted octanol–water partition coefficient (Wildman–Crippen LogP) is 3.47. The second kappa shape index (κ2) is 4.92. The third-order valence-corrected chi connectivity index (χ3v) is 4.35. The summed E-state index contributed by atoms with van der Waals surface area (Å²) >= 11 is 7.61. The fraction of sp³-hybridized carbons (Fsp3) is 0.417. The monoisotopic (exact) mass is 237 g/mol. The predicted molar refractivity (Wildman–Crippen MR) is 64.2 cm³/mol. The lowest BCUT2D eigenvalue weighted by atomic mass is 10.0. The van der Waals surface area contributed by atoms with Crippen LogP contribution in [0.2, 0.25) is 0 Å². The van der Waals surface area contributed by atoms with E-state index in [0.717, 1.165) is 12.8 Å². The van der Waals surface area contributed by atoms with Crippen LogP contribution in [0.3, 0.4) is 0 Å². The van der Waals surface area contributed by atoms with Crippen LogP contribution in [0, 0.1) is 17.2 Å². The molecule has 0 fully saturated rings. The Kier molecular flexibility index (Phi) is 3.56. The normalized spacial score (nSPS) is 20.7. The van der Waals surface area contributed by atoms with Crippen LogP contribution in [-0.2, 0) is 6.42 Å². The molecule has 0 amide bonds. The summed E-state index contributed by atoms with van der Waals surface area (Å²) in [4.78, 5) is 1.37. The van der Waals surface area contributed by atoms with Crippen molar-refractivity contribution in [2.24, 2.45) is 5.92 Å². The SMILES string of the molecule is N#CC(CCl)CC1Cc2ccccc2S1. The number of thioether (sulfide) groups is 1. The smallest absolute Gasteiger partial charge is 0.0668 e. The van der Waals surface area contributed by atoms with Crippen molar-refractivity contribution in [1.82, 2.24) is 0 Å². The number of hydrogen-bond donors (Lipinski definition) is 0. The number of alkyl halides is 1. The molecule has 1 aromatic carbocycles. The number of halogens is 1. The van der Waals surface area contributed by atoms with E-state index < -0.39 is 0 Å². The Balaban J connectivity index is 1.99. The fourth-order valence-electron chi connectivity index (χ4n) is 1.85. The van der Waals surface area contributed by atoms with Crippen LogP contribution >= 0.6 is 23.4 Å². The maximum absolute atomic E-state index is 8.86. The molecular weight excluding hydrogens is 226 g/mol. The maximum Gasteiger partial charge on any atom is 0.0668 e. The molecule has 0 saturated heterocycles. The molecule has 2 atom stereocenters. The molecule has 2 unspecified atom stereocenters. The summed E-state index contributed by atoms with van der Waals surface area (Å²) in [6.07, 6.45) is 1.98. The lowest BCUT2D eigenvalue weighted by Gasteiger charge is -2.10. The number of rotatable bonds is 3. The molecular formula is C12H12ClNS. The third kappa shape index (κ3) is 2.48. The molecule has 1 heterocycles. The van der Waals surface area contributed by atoms with Gasteiger partial charge in [0.15, 0.2) is 0 Å². The first-order valence-electron chi connectivity index (χ1n) is 5.03. The molecule has 1 aliphatic heterocycles. The van der Waals surface area contributed by atoms with E-state index in [4.69, 9.17) is 16.9 Å². The van der Waals surface area contributed by atoms with Crippen molar-refractivity contribution in [3.05, 3.63) is 29.8 Å². The Hall–Kier alpha value is -0.650. The zero-order chi connectivity index (χ0) is 10.7. The summed E-state index contributed by atoms with van der Waals surface area (Å²) in [5.74, 6) is 0.447. The summed E-state index contributed by atoms with van der Waals surface area (Å²) in [5, 5.41) is 9.39. The first-order valence-corrected chi connectivity index (χ1v) is 6.45. The van der Waals surface area contributed by atoms with Crippen LogP contribution in [0.4, 0.5) is 0 Å². The van der Waals surface area contributed by atoms with Crippen molar-refractivity contribution in [2.75, 3.05) is 5.88 Å². The summed E-state index contributed by atoms with van der Waals surface area (Å²) in [6, 6.07) is 10.7. The van der Waals surface area contributed by atoms with Crippen molar-refractivity contribution in [1.29, 1.82) is 5.26 Å². The van der Waals surface area contributed by atoms with Gasteiger partial charge in [-0.05, 0) is 24.5 Å². The molecule has 78 valence electrons. The van der Waals surface area contributed by atoms with Gasteiger partial charge in [0.25, 0.3) is 0 Å². The van der Waals surface area contributed by atoms with E-state index in [1.807, 2.05) is 11.8 Å². The van der Waals surface area contributed by atoms with E-state index in [2.05, 4.69) is 30.3 Å². The van der Waals surface area contributed by atoms with Gasteiger partial charge in [0.05, 0.1) is 12.0 Å². The van der Waals surface area contributed by atoms with E-state index >= 15 is 0 Å². The minimum atomic E-state index is -0.00141. The number of fused-ring (bicyclic) bond motifs is 1. The lowest BCUT2D eigenvalue weighted by Crippen LogP contribution is -2.09. The molecule has 0 aromatic heterocycles. The lowest BCUT2D eigenvalue weighted by molar-refractivity contribution is 0.640. The average Bonchev–Trinajstić information content (AvgIpc) is 2.68. The average molecular weight is 238 g/mol. The summed E-state index contributed by atoms with van der Waals surface area (Å²) in [7, 11) is 0. The van der Waals surface area contributed by atoms with Crippen molar-refractivity contribution >= 4 is 23.4 Å². The highest BCUT2D eigenvalue weighted by Gasteiger charge is 2.24. The third-order valence-electron chi connectivity index (χ3n) is 2.63. The summed E-state index contributed by atoms with van der Waals surface area (Å²) < 4.78 is 0. The Morgan fingerprint density at radius 2 is 2.33 bits per heavy atom. The van der Waals surface area contributed by atoms with E-state index in [0.29, 0.717) is 11.1 Å². The van der Waals surface area contributed by atoms with Gasteiger partial charge in [0, 0.05) is 16.0 Å². The zero-order valence-corrected chi connectivity index (χ0v) is 9.89. The second-order valence-electron chi connectivity index (χ2n) is 3.77. The first kappa shape index (κ1) is 10.9. The van der Waals surface area contributed by atoms with Crippen LogP contribution in [0.25, 0.3) is 0 Å². The molecule has 0 bridgehead atoms. The number of nitriles is 1. The molecule has 1 aromatic rings. The molecule has 0 radical (unpaired) electrons. The van der Waals surface area contributed by atoms with E-state index in [1.165, 1.54) is 10.5 Å². The Labute approximate surface area is 99.4 Å². The highest BCUT2D eigenvalue weighted by atomic mass is 35.5. The van der Waals surface area contributed by atoms with Gasteiger partial charge in [-0.1, -0.05) is 18.2 Å². The fourth-order valence-corrected chi connectivity index (χ4v) is 3.46. The molecule has 0 saturated carbocycles. The van der Waals surface area contributed by atoms with E-state index in [1.54, 1.807) is 0 Å². The second-order valence-corrected chi connectivity index (χ2v) is 5.42. The molecule has 3 heteroatoms. The Morgan fingerprint density at radius 3 is 3.00 bits per heavy atom. The van der Waals surface area contributed by atoms with Crippen molar-refractivity contribution < 1.29 is 0 Å². The molecule has 2 rings (SSSR count). The van der Waals surface area contributed by atoms with Gasteiger partial charge in [0.2, 0.25) is 0 Å². The van der Waals surface area contributed by atoms with Crippen LogP contribution in [0.1, 0.15) is 12.0 Å². The van der Waals surface area contributed by atoms with Crippen LogP contribution in [-0.4, -0.2) is 11.1 Å². The number of nitrogens with zero attached hydrogens (tertiary/aromatic N) is 1. The number of hydrogen-bond acceptors (Lipinski definition) is 2. The van der Waals surface area contributed by atoms with E-state index in [-0.39, 0.29) is 5.92 Å². The largest absolute Gasteiger partial charge is 0.198 e. The highest BCUT2D eigenvalue weighted by Crippen LogP contribution is 2.39. The molecule has 0 spiro atoms. The van der Waals surface area contributed by atoms with Gasteiger partial charge in [-0.3, -0.25) is 0 Å². The maximum atomic E-state index is 8.86. The molecule has 1 nitrogen and oxygen atoms in total. The standard InChI is InChI=1S/C12H12ClNS/c13-7-9(8-14)5-11-6-10-3-1-2-4-12(10)15-11/h1-4,9,11H,5-7H2. The quantitative estimate of drug-likeness (QED) is 0.752. The summed E-state index contributed by atoms with van der Waals surface area (Å²) in [6.45, 7) is 0. The van der Waals surface area contributed by atoms with Crippen molar-refractivity contribution in [3.8, 4) is 6.07 Å². The Morgan fingerprint density at radius 1 is 1.53 bits per heavy atom. The Bertz CT molecular complexity index is 360. The van der Waals surface area contributed by atoms with Crippen molar-refractivity contribution in [2.45, 2.75) is 23.0 Å². The highest BCUT2D eigenvalue weighted by molar-refractivity contribution is 8.00. The van der Waals surface area contributed by atoms with Crippen LogP contribution in [0.5, 0.6) is 0 Å². The zero-order valence-electron chi connectivity index (χ0n) is 8.32. The minimum Gasteiger partial charge on any atom is -0.198 e. The van der Waals surface area contributed by atoms with Gasteiger partial charge in [-0.2, -0.15) is 5.26 Å². The molecule has 15 heavy (non-hydrogen) atoms. The minimum absolute atomic E-state index is 0.00141. The van der Waals surface area contributed by atoms with Gasteiger partial charge in [-0.15, -0.1) is 23.4 Å². The van der Waals surface area contributed by atoms with E-state index in [9.17, 15) is 0 Å². The number of benzene rings is 1. The first-order chi connectivity index (χ1) is 7.33. The molecule has 0 aliphatic carbocycles. The molecule has 0 N–H and O–H groups in total. The topological polar surface area (TPSA) is 23.8 Å². The van der Waals surface area contributed by atoms with Crippen LogP contribution in [0.15, 0.2) is 29.2 Å². The van der Waals surface area contributed by atoms with Crippen LogP contribution < -0.4 is 0 Å².